The highest BCUT2D eigenvalue weighted by Crippen LogP contribution is 2.35. The summed E-state index contributed by atoms with van der Waals surface area (Å²) in [7, 11) is 1.42. The number of nitrogens with two attached hydrogens (primary N) is 2. The van der Waals surface area contributed by atoms with E-state index in [1.807, 2.05) is 0 Å². The molecule has 9 nitrogen and oxygen atoms in total. The number of halogens is 3. The van der Waals surface area contributed by atoms with Gasteiger partial charge in [0.25, 0.3) is 5.91 Å². The van der Waals surface area contributed by atoms with E-state index in [9.17, 15) is 27.6 Å². The Bertz CT molecular complexity index is 1220. The molecule has 0 spiro atoms. The fourth-order valence-corrected chi connectivity index (χ4v) is 3.57. The van der Waals surface area contributed by atoms with Crippen LogP contribution in [-0.4, -0.2) is 36.6 Å². The first kappa shape index (κ1) is 25.4. The highest BCUT2D eigenvalue weighted by atomic mass is 19.4. The summed E-state index contributed by atoms with van der Waals surface area (Å²) in [5.41, 5.74) is 10.1. The van der Waals surface area contributed by atoms with E-state index in [-0.39, 0.29) is 34.8 Å². The summed E-state index contributed by atoms with van der Waals surface area (Å²) < 4.78 is 39.9. The van der Waals surface area contributed by atoms with Gasteiger partial charge in [-0.05, 0) is 36.4 Å². The van der Waals surface area contributed by atoms with E-state index in [0.717, 1.165) is 6.07 Å². The number of carbonyl (C=O) groups excluding carboxylic acids is 3. The molecule has 1 aliphatic heterocycles. The molecular formula is C23H23F3N6O3. The number of amides is 2. The first-order chi connectivity index (χ1) is 16.4. The first-order valence-electron chi connectivity index (χ1n) is 10.3. The minimum absolute atomic E-state index is 0.0754. The number of amidine groups is 1. The lowest BCUT2D eigenvalue weighted by atomic mass is 9.88. The minimum Gasteiger partial charge on any atom is -0.399 e. The van der Waals surface area contributed by atoms with Crippen LogP contribution in [-0.2, 0) is 27.1 Å². The van der Waals surface area contributed by atoms with Crippen LogP contribution in [0.25, 0.3) is 5.57 Å². The molecule has 3 rings (SSSR count). The third-order valence-electron chi connectivity index (χ3n) is 5.32. The van der Waals surface area contributed by atoms with Gasteiger partial charge in [0.05, 0.1) is 17.6 Å². The van der Waals surface area contributed by atoms with E-state index < -0.39 is 41.9 Å². The van der Waals surface area contributed by atoms with Gasteiger partial charge in [-0.1, -0.05) is 24.3 Å². The molecule has 0 bridgehead atoms. The van der Waals surface area contributed by atoms with Crippen LogP contribution in [0.3, 0.4) is 0 Å². The molecule has 0 saturated carbocycles. The van der Waals surface area contributed by atoms with E-state index in [1.165, 1.54) is 7.05 Å². The second kappa shape index (κ2) is 9.97. The number of nitrogen functional groups attached to an aromatic ring is 2. The Labute approximate surface area is 198 Å². The molecule has 1 atom stereocenters. The zero-order valence-corrected chi connectivity index (χ0v) is 18.5. The number of likely N-dealkylation sites (N-methyl/N-ethyl adjacent to an activating group) is 1. The van der Waals surface area contributed by atoms with Crippen molar-refractivity contribution >= 4 is 34.7 Å². The van der Waals surface area contributed by atoms with E-state index in [1.54, 1.807) is 24.3 Å². The molecule has 2 aromatic rings. The standard InChI is InChI=1S/C23H23F3N6O3/c1-30-21-19(34)16(9-17(33)31-10-11-2-4-12(5-3-11)20(28)29)18(22(35)32-21)13-6-14(23(24,25)26)8-15(27)7-13/h2-8,21,30H,9-10,27H2,1H3,(H3,28,29)(H,31,33)(H,32,35). The molecule has 2 aromatic carbocycles. The lowest BCUT2D eigenvalue weighted by Crippen LogP contribution is -2.54. The number of hydrogen-bond acceptors (Lipinski definition) is 6. The van der Waals surface area contributed by atoms with Crippen molar-refractivity contribution in [3.63, 3.8) is 0 Å². The van der Waals surface area contributed by atoms with Crippen molar-refractivity contribution in [3.05, 3.63) is 70.3 Å². The monoisotopic (exact) mass is 488 g/mol. The second-order valence-electron chi connectivity index (χ2n) is 7.82. The summed E-state index contributed by atoms with van der Waals surface area (Å²) >= 11 is 0. The summed E-state index contributed by atoms with van der Waals surface area (Å²) in [6.45, 7) is 0.0754. The SMILES string of the molecule is CNC1NC(=O)C(c2cc(N)cc(C(F)(F)F)c2)=C(CC(=O)NCc2ccc(C(=N)N)cc2)C1=O. The van der Waals surface area contributed by atoms with Crippen LogP contribution in [0.1, 0.15) is 28.7 Å². The Hall–Kier alpha value is -4.19. The highest BCUT2D eigenvalue weighted by molar-refractivity contribution is 6.31. The molecule has 0 aromatic heterocycles. The van der Waals surface area contributed by atoms with Gasteiger partial charge in [0, 0.05) is 23.4 Å². The molecule has 0 fully saturated rings. The molecule has 2 amide bonds. The third kappa shape index (κ3) is 5.84. The van der Waals surface area contributed by atoms with Crippen molar-refractivity contribution in [1.29, 1.82) is 5.41 Å². The summed E-state index contributed by atoms with van der Waals surface area (Å²) in [5.74, 6) is -2.20. The van der Waals surface area contributed by atoms with E-state index >= 15 is 0 Å². The summed E-state index contributed by atoms with van der Waals surface area (Å²) in [6.07, 6.45) is -6.42. The lowest BCUT2D eigenvalue weighted by molar-refractivity contribution is -0.137. The fourth-order valence-electron chi connectivity index (χ4n) is 3.57. The number of nitrogens with one attached hydrogen (secondary N) is 4. The predicted molar refractivity (Wildman–Crippen MR) is 123 cm³/mol. The van der Waals surface area contributed by atoms with Crippen molar-refractivity contribution in [2.24, 2.45) is 5.73 Å². The third-order valence-corrected chi connectivity index (χ3v) is 5.32. The van der Waals surface area contributed by atoms with Gasteiger partial charge in [0.1, 0.15) is 12.0 Å². The second-order valence-corrected chi connectivity index (χ2v) is 7.82. The molecule has 0 radical (unpaired) electrons. The number of anilines is 1. The fraction of sp³-hybridized carbons (Fsp3) is 0.217. The van der Waals surface area contributed by atoms with Crippen LogP contribution in [0.5, 0.6) is 0 Å². The van der Waals surface area contributed by atoms with Crippen LogP contribution in [0, 0.1) is 5.41 Å². The molecule has 8 N–H and O–H groups in total. The largest absolute Gasteiger partial charge is 0.416 e. The van der Waals surface area contributed by atoms with Crippen molar-refractivity contribution < 1.29 is 27.6 Å². The number of carbonyl (C=O) groups is 3. The van der Waals surface area contributed by atoms with Crippen molar-refractivity contribution in [2.75, 3.05) is 12.8 Å². The predicted octanol–water partition coefficient (Wildman–Crippen LogP) is 1.28. The van der Waals surface area contributed by atoms with Gasteiger partial charge in [-0.2, -0.15) is 13.2 Å². The number of Topliss-reactive ketones (excluding diaryl/α,β-unsaturated/α-hetero) is 1. The average Bonchev–Trinajstić information content (AvgIpc) is 2.79. The van der Waals surface area contributed by atoms with E-state index in [0.29, 0.717) is 23.3 Å². The number of rotatable bonds is 7. The Morgan fingerprint density at radius 3 is 2.37 bits per heavy atom. The number of alkyl halides is 3. The van der Waals surface area contributed by atoms with Gasteiger partial charge in [-0.15, -0.1) is 0 Å². The molecule has 35 heavy (non-hydrogen) atoms. The zero-order chi connectivity index (χ0) is 25.9. The minimum atomic E-state index is -4.73. The molecule has 1 heterocycles. The summed E-state index contributed by atoms with van der Waals surface area (Å²) in [6, 6.07) is 9.10. The van der Waals surface area contributed by atoms with Crippen molar-refractivity contribution in [2.45, 2.75) is 25.3 Å². The smallest absolute Gasteiger partial charge is 0.399 e. The highest BCUT2D eigenvalue weighted by Gasteiger charge is 2.37. The van der Waals surface area contributed by atoms with Crippen LogP contribution >= 0.6 is 0 Å². The average molecular weight is 488 g/mol. The molecule has 1 aliphatic rings. The number of hydrogen-bond donors (Lipinski definition) is 6. The van der Waals surface area contributed by atoms with Gasteiger partial charge in [0.2, 0.25) is 5.91 Å². The molecule has 0 saturated heterocycles. The van der Waals surface area contributed by atoms with Crippen molar-refractivity contribution in [3.8, 4) is 0 Å². The Kier molecular flexibility index (Phi) is 7.25. The number of benzene rings is 2. The first-order valence-corrected chi connectivity index (χ1v) is 10.3. The van der Waals surface area contributed by atoms with Crippen LogP contribution < -0.4 is 27.4 Å². The maximum absolute atomic E-state index is 13.3. The molecule has 12 heteroatoms. The maximum atomic E-state index is 13.3. The zero-order valence-electron chi connectivity index (χ0n) is 18.5. The van der Waals surface area contributed by atoms with E-state index in [4.69, 9.17) is 16.9 Å². The molecular weight excluding hydrogens is 465 g/mol. The van der Waals surface area contributed by atoms with Crippen LogP contribution in [0.4, 0.5) is 18.9 Å². The maximum Gasteiger partial charge on any atom is 0.416 e. The van der Waals surface area contributed by atoms with Gasteiger partial charge in [0.15, 0.2) is 5.78 Å². The topological polar surface area (TPSA) is 163 Å². The quantitative estimate of drug-likeness (QED) is 0.195. The van der Waals surface area contributed by atoms with Gasteiger partial charge in [-0.3, -0.25) is 25.1 Å². The van der Waals surface area contributed by atoms with Crippen LogP contribution in [0.2, 0.25) is 0 Å². The molecule has 1 unspecified atom stereocenters. The van der Waals surface area contributed by atoms with Gasteiger partial charge < -0.3 is 22.1 Å². The number of ketones is 1. The Balaban J connectivity index is 1.93. The Morgan fingerprint density at radius 2 is 1.80 bits per heavy atom. The Morgan fingerprint density at radius 1 is 1.14 bits per heavy atom. The van der Waals surface area contributed by atoms with Gasteiger partial charge >= 0.3 is 6.18 Å². The lowest BCUT2D eigenvalue weighted by Gasteiger charge is -2.27. The summed E-state index contributed by atoms with van der Waals surface area (Å²) in [4.78, 5) is 38.4. The molecule has 184 valence electrons. The van der Waals surface area contributed by atoms with E-state index in [2.05, 4.69) is 16.0 Å². The van der Waals surface area contributed by atoms with Gasteiger partial charge in [-0.25, -0.2) is 0 Å². The normalized spacial score (nSPS) is 16.2. The van der Waals surface area contributed by atoms with Crippen LogP contribution in [0.15, 0.2) is 48.0 Å². The summed E-state index contributed by atoms with van der Waals surface area (Å²) in [5, 5.41) is 15.0. The van der Waals surface area contributed by atoms with Crippen molar-refractivity contribution in [1.82, 2.24) is 16.0 Å². The molecule has 0 aliphatic carbocycles.